The molecule has 2 amide bonds. The second-order valence-electron chi connectivity index (χ2n) is 6.81. The molecule has 0 fully saturated rings. The minimum absolute atomic E-state index is 0.0543. The first kappa shape index (κ1) is 22.2. The van der Waals surface area contributed by atoms with Crippen LogP contribution in [0.2, 0.25) is 0 Å². The monoisotopic (exact) mass is 486 g/mol. The smallest absolute Gasteiger partial charge is 0.270 e. The van der Waals surface area contributed by atoms with Crippen molar-refractivity contribution in [1.82, 2.24) is 9.97 Å². The average Bonchev–Trinajstić information content (AvgIpc) is 3.34. The molecule has 2 aromatic carbocycles. The number of nitrogens with zero attached hydrogens (tertiary/aromatic N) is 4. The number of carbonyl (C=O) groups excluding carboxylic acids is 2. The minimum Gasteiger partial charge on any atom is -0.302 e. The zero-order chi connectivity index (χ0) is 23.5. The largest absolute Gasteiger partial charge is 0.302 e. The van der Waals surface area contributed by atoms with Crippen molar-refractivity contribution in [1.29, 1.82) is 0 Å². The summed E-state index contributed by atoms with van der Waals surface area (Å²) in [5.41, 5.74) is 0.977. The maximum atomic E-state index is 12.2. The Labute approximate surface area is 192 Å². The second kappa shape index (κ2) is 9.22. The predicted molar refractivity (Wildman–Crippen MR) is 124 cm³/mol. The van der Waals surface area contributed by atoms with Crippen molar-refractivity contribution in [2.75, 3.05) is 10.6 Å². The van der Waals surface area contributed by atoms with Crippen LogP contribution < -0.4 is 10.6 Å². The van der Waals surface area contributed by atoms with Crippen LogP contribution in [-0.2, 0) is 9.59 Å². The summed E-state index contributed by atoms with van der Waals surface area (Å²) in [5.74, 6) is -0.660. The standard InChI is InChI=1S/C19H14N6O6S2/c26-16(22-18-20-12-6-4-10(24(28)29)8-14(12)32-18)2-1-3-17(27)23-19-21-13-7-5-11(25(30)31)9-15(13)33-19/h4-9H,1-3H2,(H,20,22,26)(H,21,23,27). The van der Waals surface area contributed by atoms with Crippen molar-refractivity contribution in [2.45, 2.75) is 19.3 Å². The normalized spacial score (nSPS) is 10.9. The van der Waals surface area contributed by atoms with Gasteiger partial charge < -0.3 is 10.6 Å². The molecule has 4 aromatic rings. The summed E-state index contributed by atoms with van der Waals surface area (Å²) in [6.45, 7) is 0. The van der Waals surface area contributed by atoms with Crippen LogP contribution in [0.15, 0.2) is 36.4 Å². The van der Waals surface area contributed by atoms with Gasteiger partial charge in [0, 0.05) is 37.1 Å². The predicted octanol–water partition coefficient (Wildman–Crippen LogP) is 4.47. The van der Waals surface area contributed by atoms with E-state index in [0.717, 1.165) is 22.7 Å². The number of hydrogen-bond acceptors (Lipinski definition) is 10. The van der Waals surface area contributed by atoms with Gasteiger partial charge in [-0.25, -0.2) is 9.97 Å². The highest BCUT2D eigenvalue weighted by Crippen LogP contribution is 2.30. The number of nitro benzene ring substituents is 2. The Morgan fingerprint density at radius 2 is 1.21 bits per heavy atom. The summed E-state index contributed by atoms with van der Waals surface area (Å²) in [5, 5.41) is 27.6. The molecule has 0 aliphatic heterocycles. The Morgan fingerprint density at radius 3 is 1.61 bits per heavy atom. The lowest BCUT2D eigenvalue weighted by Gasteiger charge is -2.02. The van der Waals surface area contributed by atoms with Crippen LogP contribution in [0.3, 0.4) is 0 Å². The number of hydrogen-bond donors (Lipinski definition) is 2. The molecule has 2 heterocycles. The fourth-order valence-electron chi connectivity index (χ4n) is 2.93. The molecule has 2 aromatic heterocycles. The minimum atomic E-state index is -0.499. The maximum Gasteiger partial charge on any atom is 0.270 e. The zero-order valence-electron chi connectivity index (χ0n) is 16.6. The van der Waals surface area contributed by atoms with Crippen LogP contribution in [0.4, 0.5) is 21.6 Å². The fraction of sp³-hybridized carbons (Fsp3) is 0.158. The van der Waals surface area contributed by atoms with Gasteiger partial charge in [-0.05, 0) is 18.6 Å². The first-order chi connectivity index (χ1) is 15.8. The Balaban J connectivity index is 1.27. The van der Waals surface area contributed by atoms with Gasteiger partial charge in [0.25, 0.3) is 11.4 Å². The van der Waals surface area contributed by atoms with Crippen LogP contribution >= 0.6 is 22.7 Å². The van der Waals surface area contributed by atoms with Gasteiger partial charge in [0.1, 0.15) is 0 Å². The summed E-state index contributed by atoms with van der Waals surface area (Å²) < 4.78 is 1.17. The molecule has 168 valence electrons. The SMILES string of the molecule is O=C(CCCC(=O)Nc1nc2ccc([N+](=O)[O-])cc2s1)Nc1nc2ccc([N+](=O)[O-])cc2s1. The van der Waals surface area contributed by atoms with E-state index < -0.39 is 9.85 Å². The molecule has 0 saturated carbocycles. The second-order valence-corrected chi connectivity index (χ2v) is 8.87. The highest BCUT2D eigenvalue weighted by atomic mass is 32.1. The number of amides is 2. The van der Waals surface area contributed by atoms with Gasteiger partial charge in [0.2, 0.25) is 11.8 Å². The average molecular weight is 486 g/mol. The van der Waals surface area contributed by atoms with Crippen LogP contribution in [0.1, 0.15) is 19.3 Å². The molecule has 0 aliphatic rings. The number of aromatic nitrogens is 2. The molecule has 0 spiro atoms. The van der Waals surface area contributed by atoms with E-state index in [1.54, 1.807) is 0 Å². The molecular weight excluding hydrogens is 472 g/mol. The van der Waals surface area contributed by atoms with E-state index >= 15 is 0 Å². The number of carbonyl (C=O) groups is 2. The number of benzene rings is 2. The van der Waals surface area contributed by atoms with Gasteiger partial charge in [-0.3, -0.25) is 29.8 Å². The van der Waals surface area contributed by atoms with E-state index in [0.29, 0.717) is 30.7 Å². The molecule has 14 heteroatoms. The molecule has 0 aliphatic carbocycles. The van der Waals surface area contributed by atoms with Crippen LogP contribution in [0.5, 0.6) is 0 Å². The third-order valence-corrected chi connectivity index (χ3v) is 6.33. The van der Waals surface area contributed by atoms with Crippen molar-refractivity contribution in [3.8, 4) is 0 Å². The number of nitro groups is 2. The van der Waals surface area contributed by atoms with Crippen molar-refractivity contribution in [3.05, 3.63) is 56.6 Å². The molecule has 0 radical (unpaired) electrons. The first-order valence-corrected chi connectivity index (χ1v) is 11.1. The number of nitrogens with one attached hydrogen (secondary N) is 2. The van der Waals surface area contributed by atoms with Gasteiger partial charge in [-0.2, -0.15) is 0 Å². The number of rotatable bonds is 8. The third-order valence-electron chi connectivity index (χ3n) is 4.47. The Bertz CT molecular complexity index is 1310. The summed E-state index contributed by atoms with van der Waals surface area (Å²) in [6, 6.07) is 8.52. The number of thiazole rings is 2. The van der Waals surface area contributed by atoms with E-state index in [2.05, 4.69) is 20.6 Å². The summed E-state index contributed by atoms with van der Waals surface area (Å²) in [4.78, 5) is 53.5. The van der Waals surface area contributed by atoms with Crippen molar-refractivity contribution in [3.63, 3.8) is 0 Å². The molecular formula is C19H14N6O6S2. The van der Waals surface area contributed by atoms with Gasteiger partial charge >= 0.3 is 0 Å². The molecule has 0 unspecified atom stereocenters. The quantitative estimate of drug-likeness (QED) is 0.271. The highest BCUT2D eigenvalue weighted by molar-refractivity contribution is 7.22. The van der Waals surface area contributed by atoms with Crippen molar-refractivity contribution < 1.29 is 19.4 Å². The van der Waals surface area contributed by atoms with Crippen molar-refractivity contribution in [2.24, 2.45) is 0 Å². The molecule has 4 rings (SSSR count). The molecule has 12 nitrogen and oxygen atoms in total. The zero-order valence-corrected chi connectivity index (χ0v) is 18.3. The number of anilines is 2. The number of non-ortho nitro benzene ring substituents is 2. The van der Waals surface area contributed by atoms with E-state index in [-0.39, 0.29) is 42.5 Å². The summed E-state index contributed by atoms with van der Waals surface area (Å²) in [6.07, 6.45) is 0.440. The summed E-state index contributed by atoms with van der Waals surface area (Å²) in [7, 11) is 0. The van der Waals surface area contributed by atoms with Gasteiger partial charge in [0.05, 0.1) is 30.3 Å². The lowest BCUT2D eigenvalue weighted by atomic mass is 10.2. The van der Waals surface area contributed by atoms with Crippen LogP contribution in [0, 0.1) is 20.2 Å². The number of fused-ring (bicyclic) bond motifs is 2. The lowest BCUT2D eigenvalue weighted by Crippen LogP contribution is -2.14. The third kappa shape index (κ3) is 5.24. The Hall–Kier alpha value is -4.04. The Morgan fingerprint density at radius 1 is 0.788 bits per heavy atom. The Kier molecular flexibility index (Phi) is 6.19. The van der Waals surface area contributed by atoms with Gasteiger partial charge in [-0.15, -0.1) is 0 Å². The fourth-order valence-corrected chi connectivity index (χ4v) is 4.76. The van der Waals surface area contributed by atoms with Gasteiger partial charge in [-0.1, -0.05) is 22.7 Å². The van der Waals surface area contributed by atoms with E-state index in [1.807, 2.05) is 0 Å². The molecule has 0 bridgehead atoms. The topological polar surface area (TPSA) is 170 Å². The molecule has 33 heavy (non-hydrogen) atoms. The summed E-state index contributed by atoms with van der Waals surface area (Å²) >= 11 is 2.26. The van der Waals surface area contributed by atoms with Crippen LogP contribution in [-0.4, -0.2) is 31.6 Å². The van der Waals surface area contributed by atoms with E-state index in [4.69, 9.17) is 0 Å². The molecule has 2 N–H and O–H groups in total. The maximum absolute atomic E-state index is 12.2. The van der Waals surface area contributed by atoms with E-state index in [1.165, 1.54) is 36.4 Å². The highest BCUT2D eigenvalue weighted by Gasteiger charge is 2.14. The van der Waals surface area contributed by atoms with E-state index in [9.17, 15) is 29.8 Å². The molecule has 0 atom stereocenters. The molecule has 0 saturated heterocycles. The van der Waals surface area contributed by atoms with Crippen LogP contribution in [0.25, 0.3) is 20.4 Å². The van der Waals surface area contributed by atoms with Gasteiger partial charge in [0.15, 0.2) is 10.3 Å². The first-order valence-electron chi connectivity index (χ1n) is 9.48. The van der Waals surface area contributed by atoms with Crippen molar-refractivity contribution >= 4 is 76.6 Å². The lowest BCUT2D eigenvalue weighted by molar-refractivity contribution is -0.384.